The molecule has 0 radical (unpaired) electrons. The van der Waals surface area contributed by atoms with Gasteiger partial charge in [-0.15, -0.1) is 0 Å². The first-order valence-electron chi connectivity index (χ1n) is 12.4. The van der Waals surface area contributed by atoms with E-state index in [1.165, 1.54) is 11.0 Å². The van der Waals surface area contributed by atoms with Crippen molar-refractivity contribution in [2.75, 3.05) is 27.2 Å². The van der Waals surface area contributed by atoms with Crippen LogP contribution in [-0.2, 0) is 27.3 Å². The monoisotopic (exact) mass is 578 g/mol. The van der Waals surface area contributed by atoms with Gasteiger partial charge in [0, 0.05) is 67.5 Å². The van der Waals surface area contributed by atoms with E-state index in [4.69, 9.17) is 0 Å². The third-order valence-electron chi connectivity index (χ3n) is 6.72. The zero-order valence-corrected chi connectivity index (χ0v) is 23.1. The van der Waals surface area contributed by atoms with Crippen molar-refractivity contribution < 1.29 is 19.2 Å². The van der Waals surface area contributed by atoms with E-state index >= 15 is 0 Å². The zero-order valence-electron chi connectivity index (χ0n) is 21.5. The Labute approximate surface area is 230 Å². The molecule has 1 fully saturated rings. The van der Waals surface area contributed by atoms with E-state index in [-0.39, 0.29) is 36.0 Å². The van der Waals surface area contributed by atoms with E-state index in [1.807, 2.05) is 48.5 Å². The average Bonchev–Trinajstić information content (AvgIpc) is 3.22. The first kappa shape index (κ1) is 27.3. The molecule has 198 valence electrons. The van der Waals surface area contributed by atoms with E-state index < -0.39 is 6.04 Å². The number of hydrogen-bond acceptors (Lipinski definition) is 4. The number of nitrogens with one attached hydrogen (secondary N) is 1. The van der Waals surface area contributed by atoms with E-state index in [2.05, 4.69) is 27.8 Å². The summed E-state index contributed by atoms with van der Waals surface area (Å²) < 4.78 is 2.58. The molecule has 38 heavy (non-hydrogen) atoms. The van der Waals surface area contributed by atoms with Crippen LogP contribution in [0, 0.1) is 5.92 Å². The Morgan fingerprint density at radius 3 is 2.50 bits per heavy atom. The Morgan fingerprint density at radius 2 is 1.84 bits per heavy atom. The van der Waals surface area contributed by atoms with Gasteiger partial charge >= 0.3 is 0 Å². The number of amides is 3. The maximum absolute atomic E-state index is 13.5. The summed E-state index contributed by atoms with van der Waals surface area (Å²) in [7, 11) is 3.32. The van der Waals surface area contributed by atoms with Gasteiger partial charge in [-0.2, -0.15) is 0 Å². The van der Waals surface area contributed by atoms with Crippen LogP contribution in [-0.4, -0.2) is 71.1 Å². The van der Waals surface area contributed by atoms with Gasteiger partial charge in [0.2, 0.25) is 11.8 Å². The molecule has 1 aromatic heterocycles. The van der Waals surface area contributed by atoms with Crippen LogP contribution in [0.3, 0.4) is 0 Å². The molecule has 1 saturated heterocycles. The van der Waals surface area contributed by atoms with Gasteiger partial charge in [-0.05, 0) is 29.8 Å². The molecule has 1 N–H and O–H groups in total. The topological polar surface area (TPSA) is 91.7 Å². The lowest BCUT2D eigenvalue weighted by Gasteiger charge is -2.38. The second-order valence-corrected chi connectivity index (χ2v) is 10.8. The van der Waals surface area contributed by atoms with Crippen molar-refractivity contribution in [2.24, 2.45) is 5.92 Å². The van der Waals surface area contributed by atoms with Crippen molar-refractivity contribution in [3.63, 3.8) is 0 Å². The lowest BCUT2D eigenvalue weighted by Crippen LogP contribution is -2.50. The highest BCUT2D eigenvalue weighted by molar-refractivity contribution is 9.10. The summed E-state index contributed by atoms with van der Waals surface area (Å²) in [6.07, 6.45) is 3.68. The highest BCUT2D eigenvalue weighted by Crippen LogP contribution is 2.27. The van der Waals surface area contributed by atoms with Gasteiger partial charge in [-0.25, -0.2) is 0 Å². The highest BCUT2D eigenvalue weighted by atomic mass is 79.9. The fourth-order valence-corrected chi connectivity index (χ4v) is 5.12. The number of hydrogen-bond donors (Lipinski definition) is 1. The summed E-state index contributed by atoms with van der Waals surface area (Å²) in [6, 6.07) is 14.4. The van der Waals surface area contributed by atoms with Gasteiger partial charge in [-0.1, -0.05) is 52.8 Å². The molecule has 1 unspecified atom stereocenters. The number of halogens is 1. The van der Waals surface area contributed by atoms with Crippen LogP contribution in [0.5, 0.6) is 0 Å². The Kier molecular flexibility index (Phi) is 8.46. The summed E-state index contributed by atoms with van der Waals surface area (Å²) in [5.74, 6) is -0.553. The average molecular weight is 579 g/mol. The van der Waals surface area contributed by atoms with E-state index in [1.54, 1.807) is 29.8 Å². The van der Waals surface area contributed by atoms with Gasteiger partial charge < -0.3 is 19.7 Å². The number of carbonyl (C=O) groups is 4. The second kappa shape index (κ2) is 11.8. The van der Waals surface area contributed by atoms with Crippen LogP contribution in [0.4, 0.5) is 0 Å². The highest BCUT2D eigenvalue weighted by Gasteiger charge is 2.31. The predicted molar refractivity (Wildman–Crippen MR) is 150 cm³/mol. The number of nitrogens with zero attached hydrogens (tertiary/aromatic N) is 3. The maximum Gasteiger partial charge on any atom is 0.254 e. The van der Waals surface area contributed by atoms with Gasteiger partial charge in [0.15, 0.2) is 5.78 Å². The molecule has 4 rings (SSSR count). The Bertz CT molecular complexity index is 1380. The van der Waals surface area contributed by atoms with Gasteiger partial charge in [-0.3, -0.25) is 19.2 Å². The Balaban J connectivity index is 1.53. The van der Waals surface area contributed by atoms with Gasteiger partial charge in [0.25, 0.3) is 5.91 Å². The van der Waals surface area contributed by atoms with Crippen LogP contribution in [0.1, 0.15) is 22.3 Å². The molecule has 3 amide bonds. The quantitative estimate of drug-likeness (QED) is 0.373. The molecule has 0 bridgehead atoms. The molecular weight excluding hydrogens is 548 g/mol. The maximum atomic E-state index is 13.5. The van der Waals surface area contributed by atoms with Gasteiger partial charge in [0.1, 0.15) is 6.04 Å². The number of likely N-dealkylation sites (tertiary alicyclic amines) is 1. The van der Waals surface area contributed by atoms with E-state index in [9.17, 15) is 19.2 Å². The molecule has 2 heterocycles. The lowest BCUT2D eigenvalue weighted by molar-refractivity contribution is -0.134. The van der Waals surface area contributed by atoms with Crippen LogP contribution in [0.15, 0.2) is 71.9 Å². The molecule has 1 aliphatic rings. The molecule has 9 heteroatoms. The molecule has 8 nitrogen and oxygen atoms in total. The van der Waals surface area contributed by atoms with Crippen LogP contribution < -0.4 is 5.32 Å². The fraction of sp³-hybridized carbons (Fsp3) is 0.310. The molecular formula is C29H31BrN4O4. The first-order chi connectivity index (χ1) is 18.2. The largest absolute Gasteiger partial charge is 0.347 e. The minimum Gasteiger partial charge on any atom is -0.347 e. The molecule has 1 atom stereocenters. The Hall–Kier alpha value is -3.72. The number of ketones is 1. The third-order valence-corrected chi connectivity index (χ3v) is 7.21. The SMILES string of the molecule is C=CC(=O)N1CC(CC(=O)Cn2cc(C(=O)NC(Cc3ccccc3)C(=O)N(C)C)c3cc(Br)ccc32)C1. The van der Waals surface area contributed by atoms with Crippen molar-refractivity contribution in [3.8, 4) is 0 Å². The molecule has 0 aliphatic carbocycles. The van der Waals surface area contributed by atoms with Gasteiger partial charge in [0.05, 0.1) is 12.1 Å². The summed E-state index contributed by atoms with van der Waals surface area (Å²) in [6.45, 7) is 4.70. The molecule has 3 aromatic rings. The number of Topliss-reactive ketones (excluding diaryl/α,β-unsaturated/α-hetero) is 1. The van der Waals surface area contributed by atoms with Crippen molar-refractivity contribution in [2.45, 2.75) is 25.4 Å². The number of likely N-dealkylation sites (N-methyl/N-ethyl adjacent to an activating group) is 1. The Morgan fingerprint density at radius 1 is 1.13 bits per heavy atom. The third kappa shape index (κ3) is 6.22. The normalized spacial score (nSPS) is 14.0. The van der Waals surface area contributed by atoms with E-state index in [0.29, 0.717) is 36.9 Å². The number of fused-ring (bicyclic) bond motifs is 1. The number of rotatable bonds is 10. The molecule has 1 aliphatic heterocycles. The summed E-state index contributed by atoms with van der Waals surface area (Å²) >= 11 is 3.48. The molecule has 2 aromatic carbocycles. The van der Waals surface area contributed by atoms with Crippen LogP contribution in [0.25, 0.3) is 10.9 Å². The predicted octanol–water partition coefficient (Wildman–Crippen LogP) is 3.44. The standard InChI is InChI=1S/C29H31BrN4O4/c1-4-27(36)34-15-20(16-34)12-22(35)17-33-18-24(23-14-21(30)10-11-26(23)33)28(37)31-25(29(38)32(2)3)13-19-8-6-5-7-9-19/h4-11,14,18,20,25H,1,12-13,15-17H2,2-3H3,(H,31,37). The van der Waals surface area contributed by atoms with Crippen LogP contribution >= 0.6 is 15.9 Å². The first-order valence-corrected chi connectivity index (χ1v) is 13.2. The van der Waals surface area contributed by atoms with Crippen molar-refractivity contribution in [1.82, 2.24) is 19.7 Å². The smallest absolute Gasteiger partial charge is 0.254 e. The zero-order chi connectivity index (χ0) is 27.4. The minimum absolute atomic E-state index is 0.0252. The molecule has 0 spiro atoms. The fourth-order valence-electron chi connectivity index (χ4n) is 4.76. The second-order valence-electron chi connectivity index (χ2n) is 9.84. The number of benzene rings is 2. The van der Waals surface area contributed by atoms with Crippen molar-refractivity contribution in [3.05, 3.63) is 83.0 Å². The summed E-state index contributed by atoms with van der Waals surface area (Å²) in [5, 5.41) is 3.61. The summed E-state index contributed by atoms with van der Waals surface area (Å²) in [5.41, 5.74) is 2.08. The van der Waals surface area contributed by atoms with E-state index in [0.717, 1.165) is 15.6 Å². The number of aromatic nitrogens is 1. The van der Waals surface area contributed by atoms with Crippen LogP contribution in [0.2, 0.25) is 0 Å². The van der Waals surface area contributed by atoms with Crippen molar-refractivity contribution in [1.29, 1.82) is 0 Å². The number of carbonyl (C=O) groups excluding carboxylic acids is 4. The molecule has 0 saturated carbocycles. The summed E-state index contributed by atoms with van der Waals surface area (Å²) in [4.78, 5) is 54.1. The minimum atomic E-state index is -0.744. The van der Waals surface area contributed by atoms with Crippen molar-refractivity contribution >= 4 is 50.3 Å². The lowest BCUT2D eigenvalue weighted by atomic mass is 9.94.